The molecular formula is C18H22N4O7. The number of anilines is 2. The van der Waals surface area contributed by atoms with E-state index < -0.39 is 16.8 Å². The number of carbonyl (C=O) groups is 2. The van der Waals surface area contributed by atoms with E-state index in [1.165, 1.54) is 18.1 Å². The van der Waals surface area contributed by atoms with E-state index in [0.29, 0.717) is 26.3 Å². The maximum absolute atomic E-state index is 12.7. The van der Waals surface area contributed by atoms with Crippen molar-refractivity contribution in [2.45, 2.75) is 0 Å². The summed E-state index contributed by atoms with van der Waals surface area (Å²) in [5, 5.41) is 23.4. The molecule has 2 heterocycles. The zero-order valence-electron chi connectivity index (χ0n) is 15.9. The average Bonchev–Trinajstić information content (AvgIpc) is 3.04. The van der Waals surface area contributed by atoms with Gasteiger partial charge in [0.2, 0.25) is 0 Å². The summed E-state index contributed by atoms with van der Waals surface area (Å²) < 4.78 is 10.1. The first-order chi connectivity index (χ1) is 14.0. The van der Waals surface area contributed by atoms with Gasteiger partial charge in [0, 0.05) is 31.4 Å². The van der Waals surface area contributed by atoms with Gasteiger partial charge in [-0.15, -0.1) is 0 Å². The van der Waals surface area contributed by atoms with Gasteiger partial charge in [-0.2, -0.15) is 0 Å². The number of morpholine rings is 1. The Balaban J connectivity index is 1.98. The number of esters is 1. The SMILES string of the molecule is COC(=O)C1=C(Nc2cc(N3CCOCC3)ccc2[N+](=O)[O-])C(=O)N(CCO)C1. The number of nitrogens with zero attached hydrogens (tertiary/aromatic N) is 3. The molecule has 0 spiro atoms. The molecule has 0 atom stereocenters. The van der Waals surface area contributed by atoms with Gasteiger partial charge in [0.05, 0.1) is 44.0 Å². The number of β-amino-alcohol motifs (C(OH)–C–C–N with tert-alkyl or cyclic N) is 1. The molecule has 1 aromatic carbocycles. The number of hydrogen-bond donors (Lipinski definition) is 2. The Labute approximate surface area is 166 Å². The smallest absolute Gasteiger partial charge is 0.337 e. The molecule has 0 aromatic heterocycles. The van der Waals surface area contributed by atoms with Crippen molar-refractivity contribution in [3.8, 4) is 0 Å². The first-order valence-electron chi connectivity index (χ1n) is 9.06. The number of aliphatic hydroxyl groups is 1. The maximum atomic E-state index is 12.7. The van der Waals surface area contributed by atoms with Crippen LogP contribution in [0, 0.1) is 10.1 Å². The molecule has 2 aliphatic rings. The molecular weight excluding hydrogens is 384 g/mol. The monoisotopic (exact) mass is 406 g/mol. The number of carbonyl (C=O) groups excluding carboxylic acids is 2. The summed E-state index contributed by atoms with van der Waals surface area (Å²) in [4.78, 5) is 39.0. The van der Waals surface area contributed by atoms with Crippen molar-refractivity contribution >= 4 is 28.9 Å². The minimum atomic E-state index is -0.715. The lowest BCUT2D eigenvalue weighted by atomic mass is 10.2. The highest BCUT2D eigenvalue weighted by molar-refractivity contribution is 6.08. The summed E-state index contributed by atoms with van der Waals surface area (Å²) in [6, 6.07) is 4.57. The molecule has 2 aliphatic heterocycles. The van der Waals surface area contributed by atoms with Crippen molar-refractivity contribution in [2.24, 2.45) is 0 Å². The first-order valence-corrected chi connectivity index (χ1v) is 9.06. The van der Waals surface area contributed by atoms with Crippen LogP contribution in [0.2, 0.25) is 0 Å². The van der Waals surface area contributed by atoms with Crippen molar-refractivity contribution in [1.82, 2.24) is 4.90 Å². The van der Waals surface area contributed by atoms with E-state index in [-0.39, 0.29) is 42.3 Å². The highest BCUT2D eigenvalue weighted by Gasteiger charge is 2.35. The number of amides is 1. The average molecular weight is 406 g/mol. The Bertz CT molecular complexity index is 849. The second-order valence-corrected chi connectivity index (χ2v) is 6.48. The fourth-order valence-corrected chi connectivity index (χ4v) is 3.29. The number of nitro benzene ring substituents is 1. The minimum Gasteiger partial charge on any atom is -0.466 e. The second kappa shape index (κ2) is 8.88. The van der Waals surface area contributed by atoms with E-state index in [4.69, 9.17) is 14.6 Å². The standard InChI is InChI=1S/C18H22N4O7/c1-28-18(25)13-11-21(4-7-23)17(24)16(13)19-14-10-12(2-3-15(14)22(26)27)20-5-8-29-9-6-20/h2-3,10,19,23H,4-9,11H2,1H3. The number of aliphatic hydroxyl groups excluding tert-OH is 1. The van der Waals surface area contributed by atoms with E-state index in [9.17, 15) is 19.7 Å². The third-order valence-corrected chi connectivity index (χ3v) is 4.77. The van der Waals surface area contributed by atoms with Crippen molar-refractivity contribution in [2.75, 3.05) is 63.3 Å². The summed E-state index contributed by atoms with van der Waals surface area (Å²) >= 11 is 0. The van der Waals surface area contributed by atoms with Crippen LogP contribution in [0.25, 0.3) is 0 Å². The summed E-state index contributed by atoms with van der Waals surface area (Å²) in [5.74, 6) is -1.25. The largest absolute Gasteiger partial charge is 0.466 e. The van der Waals surface area contributed by atoms with E-state index in [1.54, 1.807) is 12.1 Å². The molecule has 3 rings (SSSR count). The van der Waals surface area contributed by atoms with Crippen LogP contribution >= 0.6 is 0 Å². The first kappa shape index (κ1) is 20.6. The van der Waals surface area contributed by atoms with Crippen LogP contribution in [-0.2, 0) is 19.1 Å². The zero-order chi connectivity index (χ0) is 21.0. The van der Waals surface area contributed by atoms with Gasteiger partial charge < -0.3 is 29.7 Å². The van der Waals surface area contributed by atoms with Crippen LogP contribution in [0.15, 0.2) is 29.5 Å². The van der Waals surface area contributed by atoms with E-state index >= 15 is 0 Å². The van der Waals surface area contributed by atoms with Gasteiger partial charge in [0.25, 0.3) is 11.6 Å². The Morgan fingerprint density at radius 3 is 2.72 bits per heavy atom. The van der Waals surface area contributed by atoms with E-state index in [2.05, 4.69) is 5.32 Å². The molecule has 0 aliphatic carbocycles. The Morgan fingerprint density at radius 1 is 1.38 bits per heavy atom. The van der Waals surface area contributed by atoms with E-state index in [1.807, 2.05) is 4.90 Å². The summed E-state index contributed by atoms with van der Waals surface area (Å²) in [7, 11) is 1.19. The van der Waals surface area contributed by atoms with Gasteiger partial charge in [-0.25, -0.2) is 4.79 Å². The molecule has 11 heteroatoms. The third-order valence-electron chi connectivity index (χ3n) is 4.77. The van der Waals surface area contributed by atoms with Crippen molar-refractivity contribution in [3.63, 3.8) is 0 Å². The topological polar surface area (TPSA) is 134 Å². The number of nitrogens with one attached hydrogen (secondary N) is 1. The lowest BCUT2D eigenvalue weighted by Crippen LogP contribution is -2.36. The summed E-state index contributed by atoms with van der Waals surface area (Å²) in [6.07, 6.45) is 0. The highest BCUT2D eigenvalue weighted by Crippen LogP contribution is 2.33. The molecule has 1 amide bonds. The molecule has 2 N–H and O–H groups in total. The Morgan fingerprint density at radius 2 is 2.10 bits per heavy atom. The number of rotatable bonds is 7. The molecule has 11 nitrogen and oxygen atoms in total. The van der Waals surface area contributed by atoms with Gasteiger partial charge in [-0.05, 0) is 12.1 Å². The third kappa shape index (κ3) is 4.30. The van der Waals surface area contributed by atoms with Crippen LogP contribution in [0.3, 0.4) is 0 Å². The maximum Gasteiger partial charge on any atom is 0.337 e. The van der Waals surface area contributed by atoms with Gasteiger partial charge in [-0.1, -0.05) is 0 Å². The van der Waals surface area contributed by atoms with Crippen LogP contribution in [0.5, 0.6) is 0 Å². The Hall–Kier alpha value is -3.18. The van der Waals surface area contributed by atoms with Crippen LogP contribution < -0.4 is 10.2 Å². The highest BCUT2D eigenvalue weighted by atomic mass is 16.6. The van der Waals surface area contributed by atoms with Crippen LogP contribution in [-0.4, -0.2) is 79.9 Å². The molecule has 29 heavy (non-hydrogen) atoms. The fourth-order valence-electron chi connectivity index (χ4n) is 3.29. The number of methoxy groups -OCH3 is 1. The summed E-state index contributed by atoms with van der Waals surface area (Å²) in [5.41, 5.74) is 0.561. The van der Waals surface area contributed by atoms with Gasteiger partial charge in [-0.3, -0.25) is 14.9 Å². The zero-order valence-corrected chi connectivity index (χ0v) is 15.9. The van der Waals surface area contributed by atoms with Gasteiger partial charge in [0.15, 0.2) is 0 Å². The predicted octanol–water partition coefficient (Wildman–Crippen LogP) is 0.105. The lowest BCUT2D eigenvalue weighted by molar-refractivity contribution is -0.383. The Kier molecular flexibility index (Phi) is 6.29. The molecule has 0 saturated carbocycles. The van der Waals surface area contributed by atoms with Crippen molar-refractivity contribution in [3.05, 3.63) is 39.6 Å². The van der Waals surface area contributed by atoms with Crippen LogP contribution in [0.4, 0.5) is 17.1 Å². The van der Waals surface area contributed by atoms with Crippen molar-refractivity contribution < 1.29 is 29.1 Å². The van der Waals surface area contributed by atoms with Gasteiger partial charge >= 0.3 is 5.97 Å². The predicted molar refractivity (Wildman–Crippen MR) is 102 cm³/mol. The van der Waals surface area contributed by atoms with E-state index in [0.717, 1.165) is 5.69 Å². The minimum absolute atomic E-state index is 0.0282. The molecule has 0 unspecified atom stereocenters. The molecule has 0 bridgehead atoms. The summed E-state index contributed by atoms with van der Waals surface area (Å²) in [6.45, 7) is 2.07. The molecule has 0 radical (unpaired) electrons. The number of hydrogen-bond acceptors (Lipinski definition) is 9. The second-order valence-electron chi connectivity index (χ2n) is 6.48. The number of ether oxygens (including phenoxy) is 2. The lowest BCUT2D eigenvalue weighted by Gasteiger charge is -2.29. The van der Waals surface area contributed by atoms with Crippen molar-refractivity contribution in [1.29, 1.82) is 0 Å². The molecule has 1 aromatic rings. The number of benzene rings is 1. The molecule has 156 valence electrons. The molecule has 1 saturated heterocycles. The fraction of sp³-hybridized carbons (Fsp3) is 0.444. The quantitative estimate of drug-likeness (QED) is 0.367. The van der Waals surface area contributed by atoms with Gasteiger partial charge in [0.1, 0.15) is 11.4 Å². The normalized spacial score (nSPS) is 17.0. The van der Waals surface area contributed by atoms with Crippen LogP contribution in [0.1, 0.15) is 0 Å². The number of nitro groups is 1. The molecule has 1 fully saturated rings.